The zero-order valence-electron chi connectivity index (χ0n) is 16.1. The molecular formula is C22H24N4O2. The molecule has 1 aromatic heterocycles. The maximum absolute atomic E-state index is 12.3. The Morgan fingerprint density at radius 1 is 0.964 bits per heavy atom. The zero-order chi connectivity index (χ0) is 19.9. The van der Waals surface area contributed by atoms with Crippen molar-refractivity contribution in [3.05, 3.63) is 77.5 Å². The average molecular weight is 376 g/mol. The summed E-state index contributed by atoms with van der Waals surface area (Å²) in [6.45, 7) is 4.19. The molecule has 0 saturated carbocycles. The van der Waals surface area contributed by atoms with Gasteiger partial charge in [0, 0.05) is 19.0 Å². The van der Waals surface area contributed by atoms with Crippen LogP contribution in [0.25, 0.3) is 5.69 Å². The van der Waals surface area contributed by atoms with Gasteiger partial charge in [0.05, 0.1) is 17.8 Å². The number of benzene rings is 2. The summed E-state index contributed by atoms with van der Waals surface area (Å²) in [7, 11) is 0. The third-order valence-corrected chi connectivity index (χ3v) is 4.26. The summed E-state index contributed by atoms with van der Waals surface area (Å²) in [4.78, 5) is 24.3. The first-order chi connectivity index (χ1) is 13.5. The molecule has 0 aliphatic rings. The minimum atomic E-state index is -0.173. The van der Waals surface area contributed by atoms with Gasteiger partial charge in [-0.3, -0.25) is 9.59 Å². The lowest BCUT2D eigenvalue weighted by Crippen LogP contribution is -2.29. The van der Waals surface area contributed by atoms with Gasteiger partial charge in [0.1, 0.15) is 5.82 Å². The molecule has 6 heteroatoms. The Balaban J connectivity index is 1.52. The molecule has 0 fully saturated rings. The first-order valence-electron chi connectivity index (χ1n) is 9.25. The van der Waals surface area contributed by atoms with Crippen LogP contribution in [0.5, 0.6) is 0 Å². The number of nitrogens with zero attached hydrogens (tertiary/aromatic N) is 2. The Morgan fingerprint density at radius 2 is 1.68 bits per heavy atom. The predicted octanol–water partition coefficient (Wildman–Crippen LogP) is 3.18. The largest absolute Gasteiger partial charge is 0.355 e. The number of hydrogen-bond donors (Lipinski definition) is 2. The van der Waals surface area contributed by atoms with Crippen LogP contribution in [-0.2, 0) is 16.0 Å². The van der Waals surface area contributed by atoms with E-state index in [-0.39, 0.29) is 24.8 Å². The molecule has 0 radical (unpaired) electrons. The first-order valence-corrected chi connectivity index (χ1v) is 9.25. The second-order valence-electron chi connectivity index (χ2n) is 6.73. The van der Waals surface area contributed by atoms with Crippen LogP contribution >= 0.6 is 0 Å². The lowest BCUT2D eigenvalue weighted by Gasteiger charge is -2.10. The number of carbonyl (C=O) groups excluding carboxylic acids is 2. The van der Waals surface area contributed by atoms with E-state index in [1.807, 2.05) is 74.5 Å². The van der Waals surface area contributed by atoms with E-state index in [2.05, 4.69) is 15.7 Å². The summed E-state index contributed by atoms with van der Waals surface area (Å²) in [6, 6.07) is 19.3. The van der Waals surface area contributed by atoms with E-state index in [0.29, 0.717) is 12.2 Å². The maximum Gasteiger partial charge on any atom is 0.227 e. The second kappa shape index (κ2) is 8.99. The van der Waals surface area contributed by atoms with Gasteiger partial charge in [-0.25, -0.2) is 4.68 Å². The van der Waals surface area contributed by atoms with E-state index >= 15 is 0 Å². The first kappa shape index (κ1) is 19.4. The minimum Gasteiger partial charge on any atom is -0.355 e. The fourth-order valence-corrected chi connectivity index (χ4v) is 2.84. The van der Waals surface area contributed by atoms with Gasteiger partial charge in [-0.1, -0.05) is 48.0 Å². The number of amides is 2. The molecule has 0 aliphatic carbocycles. The molecule has 0 bridgehead atoms. The lowest BCUT2D eigenvalue weighted by molar-refractivity contribution is -0.120. The van der Waals surface area contributed by atoms with Crippen LogP contribution in [-0.4, -0.2) is 28.1 Å². The van der Waals surface area contributed by atoms with Crippen molar-refractivity contribution < 1.29 is 9.59 Å². The quantitative estimate of drug-likeness (QED) is 0.665. The van der Waals surface area contributed by atoms with E-state index < -0.39 is 0 Å². The summed E-state index contributed by atoms with van der Waals surface area (Å²) in [5, 5.41) is 10.1. The molecular weight excluding hydrogens is 352 g/mol. The van der Waals surface area contributed by atoms with Crippen LogP contribution in [0.2, 0.25) is 0 Å². The molecule has 3 rings (SSSR count). The van der Waals surface area contributed by atoms with Crippen LogP contribution in [0, 0.1) is 13.8 Å². The standard InChI is InChI=1S/C22H24N4O2/c1-16-8-10-19(11-9-16)26-20(14-17(2)25-26)24-21(27)12-13-23-22(28)15-18-6-4-3-5-7-18/h3-11,14H,12-13,15H2,1-2H3,(H,23,28)(H,24,27). The maximum atomic E-state index is 12.3. The Kier molecular flexibility index (Phi) is 6.22. The summed E-state index contributed by atoms with van der Waals surface area (Å²) in [5.41, 5.74) is 3.79. The molecule has 6 nitrogen and oxygen atoms in total. The van der Waals surface area contributed by atoms with Gasteiger partial charge in [-0.2, -0.15) is 5.10 Å². The zero-order valence-corrected chi connectivity index (χ0v) is 16.1. The molecule has 0 unspecified atom stereocenters. The van der Waals surface area contributed by atoms with Gasteiger partial charge < -0.3 is 10.6 Å². The SMILES string of the molecule is Cc1ccc(-n2nc(C)cc2NC(=O)CCNC(=O)Cc2ccccc2)cc1. The molecule has 1 heterocycles. The molecule has 2 amide bonds. The summed E-state index contributed by atoms with van der Waals surface area (Å²) in [6.07, 6.45) is 0.500. The van der Waals surface area contributed by atoms with Gasteiger partial charge in [-0.05, 0) is 31.5 Å². The summed E-state index contributed by atoms with van der Waals surface area (Å²) in [5.74, 6) is 0.342. The highest BCUT2D eigenvalue weighted by Crippen LogP contribution is 2.17. The van der Waals surface area contributed by atoms with Crippen molar-refractivity contribution in [2.75, 3.05) is 11.9 Å². The Hall–Kier alpha value is -3.41. The molecule has 3 aromatic rings. The third-order valence-electron chi connectivity index (χ3n) is 4.26. The highest BCUT2D eigenvalue weighted by Gasteiger charge is 2.11. The van der Waals surface area contributed by atoms with Crippen molar-refractivity contribution in [2.45, 2.75) is 26.7 Å². The van der Waals surface area contributed by atoms with Crippen LogP contribution < -0.4 is 10.6 Å². The second-order valence-corrected chi connectivity index (χ2v) is 6.73. The number of rotatable bonds is 7. The van der Waals surface area contributed by atoms with Gasteiger partial charge in [-0.15, -0.1) is 0 Å². The Labute approximate surface area is 164 Å². The molecule has 0 spiro atoms. The van der Waals surface area contributed by atoms with Crippen LogP contribution in [0.4, 0.5) is 5.82 Å². The van der Waals surface area contributed by atoms with Crippen LogP contribution in [0.1, 0.15) is 23.2 Å². The van der Waals surface area contributed by atoms with Crippen LogP contribution in [0.15, 0.2) is 60.7 Å². The monoisotopic (exact) mass is 376 g/mol. The average Bonchev–Trinajstić information content (AvgIpc) is 3.03. The molecule has 2 aromatic carbocycles. The molecule has 2 N–H and O–H groups in total. The number of carbonyl (C=O) groups is 2. The number of hydrogen-bond acceptors (Lipinski definition) is 3. The third kappa shape index (κ3) is 5.30. The van der Waals surface area contributed by atoms with E-state index in [9.17, 15) is 9.59 Å². The summed E-state index contributed by atoms with van der Waals surface area (Å²) >= 11 is 0. The van der Waals surface area contributed by atoms with E-state index in [0.717, 1.165) is 22.5 Å². The van der Waals surface area contributed by atoms with Gasteiger partial charge in [0.2, 0.25) is 11.8 Å². The van der Waals surface area contributed by atoms with Crippen molar-refractivity contribution in [3.8, 4) is 5.69 Å². The van der Waals surface area contributed by atoms with Crippen molar-refractivity contribution >= 4 is 17.6 Å². The van der Waals surface area contributed by atoms with Crippen molar-refractivity contribution in [1.29, 1.82) is 0 Å². The highest BCUT2D eigenvalue weighted by atomic mass is 16.2. The fourth-order valence-electron chi connectivity index (χ4n) is 2.84. The minimum absolute atomic E-state index is 0.0976. The van der Waals surface area contributed by atoms with Gasteiger partial charge in [0.15, 0.2) is 0 Å². The normalized spacial score (nSPS) is 10.5. The number of anilines is 1. The smallest absolute Gasteiger partial charge is 0.227 e. The van der Waals surface area contributed by atoms with Crippen molar-refractivity contribution in [1.82, 2.24) is 15.1 Å². The molecule has 0 aliphatic heterocycles. The highest BCUT2D eigenvalue weighted by molar-refractivity contribution is 5.90. The van der Waals surface area contributed by atoms with Gasteiger partial charge >= 0.3 is 0 Å². The summed E-state index contributed by atoms with van der Waals surface area (Å²) < 4.78 is 1.71. The van der Waals surface area contributed by atoms with E-state index in [4.69, 9.17) is 0 Å². The topological polar surface area (TPSA) is 76.0 Å². The van der Waals surface area contributed by atoms with E-state index in [1.165, 1.54) is 0 Å². The molecule has 0 saturated heterocycles. The number of aryl methyl sites for hydroxylation is 2. The fraction of sp³-hybridized carbons (Fsp3) is 0.227. The van der Waals surface area contributed by atoms with Gasteiger partial charge in [0.25, 0.3) is 0 Å². The van der Waals surface area contributed by atoms with Crippen molar-refractivity contribution in [2.24, 2.45) is 0 Å². The predicted molar refractivity (Wildman–Crippen MR) is 109 cm³/mol. The molecule has 0 atom stereocenters. The molecule has 28 heavy (non-hydrogen) atoms. The van der Waals surface area contributed by atoms with Crippen molar-refractivity contribution in [3.63, 3.8) is 0 Å². The lowest BCUT2D eigenvalue weighted by atomic mass is 10.1. The Morgan fingerprint density at radius 3 is 2.39 bits per heavy atom. The molecule has 144 valence electrons. The van der Waals surface area contributed by atoms with E-state index in [1.54, 1.807) is 4.68 Å². The Bertz CT molecular complexity index is 946. The van der Waals surface area contributed by atoms with Crippen LogP contribution in [0.3, 0.4) is 0 Å². The number of aromatic nitrogens is 2. The number of nitrogens with one attached hydrogen (secondary N) is 2.